The fourth-order valence-corrected chi connectivity index (χ4v) is 11.5. The van der Waals surface area contributed by atoms with Gasteiger partial charge in [-0.05, 0) is 102 Å². The van der Waals surface area contributed by atoms with Crippen LogP contribution in [0.25, 0.3) is 0 Å². The number of ether oxygens (including phenoxy) is 1. The van der Waals surface area contributed by atoms with E-state index in [4.69, 9.17) is 27.9 Å². The SMILES string of the molecule is COc1cc(C(=O)N2CCCC[C@@H](CC#Cc3cccc4c3CN(C3CCC(=O)NC3=O)C4=O)C2)ccc1NC(=O)[C@@H]1N[C@@H](CC(C)(C)C)[C@@]2(CNc3cc(Cl)ccc32)[C@H]1c1cccc(Cl)c1F. The summed E-state index contributed by atoms with van der Waals surface area (Å²) in [7, 11) is 1.49. The van der Waals surface area contributed by atoms with Crippen LogP contribution in [-0.4, -0.2) is 84.2 Å². The number of halogens is 3. The van der Waals surface area contributed by atoms with E-state index in [1.807, 2.05) is 29.2 Å². The molecule has 68 heavy (non-hydrogen) atoms. The molecule has 1 spiro atoms. The molecule has 0 aliphatic carbocycles. The average Bonchev–Trinajstić information content (AvgIpc) is 3.87. The molecular formula is C53H55Cl2FN6O6. The Morgan fingerprint density at radius 3 is 2.59 bits per heavy atom. The highest BCUT2D eigenvalue weighted by atomic mass is 35.5. The van der Waals surface area contributed by atoms with E-state index in [-0.39, 0.29) is 65.4 Å². The highest BCUT2D eigenvalue weighted by Crippen LogP contribution is 2.57. The summed E-state index contributed by atoms with van der Waals surface area (Å²) in [5, 5.41) is 13.2. The Balaban J connectivity index is 0.922. The zero-order chi connectivity index (χ0) is 48.1. The molecule has 4 N–H and O–H groups in total. The van der Waals surface area contributed by atoms with E-state index in [2.05, 4.69) is 53.9 Å². The number of hydrogen-bond acceptors (Lipinski definition) is 8. The Bertz CT molecular complexity index is 2780. The van der Waals surface area contributed by atoms with Crippen molar-refractivity contribution in [2.45, 2.75) is 102 Å². The summed E-state index contributed by atoms with van der Waals surface area (Å²) in [6.45, 7) is 8.19. The standard InChI is InChI=1S/C53H55Cl2FN6O6/c1-52(2,3)26-43-53(29-57-40-25-33(54)18-19-37(40)53)45(35-15-9-16-38(55)46(35)56)47(59-43)49(65)58-39-20-17-32(24-42(39)68-4)50(66)61-23-6-5-10-30(27-61)11-7-12-31-13-8-14-34-36(31)28-62(51(34)67)41-21-22-44(63)60-48(41)64/h8-9,13-20,24-25,30,41,43,45,47,57,59H,5-6,10-11,21-23,26-29H2,1-4H3,(H,58,65)(H,60,63,64)/t30-,41?,43-,45-,47+,53-/m0/s1. The lowest BCUT2D eigenvalue weighted by Gasteiger charge is -2.39. The lowest BCUT2D eigenvalue weighted by molar-refractivity contribution is -0.137. The van der Waals surface area contributed by atoms with Crippen LogP contribution in [0.2, 0.25) is 10.0 Å². The Morgan fingerprint density at radius 2 is 1.81 bits per heavy atom. The summed E-state index contributed by atoms with van der Waals surface area (Å²) < 4.78 is 22.2. The number of nitrogens with zero attached hydrogens (tertiary/aromatic N) is 2. The molecule has 9 rings (SSSR count). The number of nitrogens with one attached hydrogen (secondary N) is 4. The van der Waals surface area contributed by atoms with Gasteiger partial charge in [-0.1, -0.05) is 86.5 Å². The second kappa shape index (κ2) is 18.9. The predicted octanol–water partition coefficient (Wildman–Crippen LogP) is 8.45. The second-order valence-electron chi connectivity index (χ2n) is 19.9. The quantitative estimate of drug-likeness (QED) is 0.102. The number of carbonyl (C=O) groups is 5. The maximum atomic E-state index is 16.3. The molecule has 4 aromatic rings. The molecule has 0 radical (unpaired) electrons. The third kappa shape index (κ3) is 8.94. The normalized spacial score (nSPS) is 24.4. The van der Waals surface area contributed by atoms with E-state index in [0.29, 0.717) is 65.6 Å². The van der Waals surface area contributed by atoms with Gasteiger partial charge < -0.3 is 30.5 Å². The van der Waals surface area contributed by atoms with Gasteiger partial charge in [-0.2, -0.15) is 0 Å². The van der Waals surface area contributed by atoms with Crippen molar-refractivity contribution in [3.8, 4) is 17.6 Å². The Morgan fingerprint density at radius 1 is 1.00 bits per heavy atom. The minimum Gasteiger partial charge on any atom is -0.495 e. The van der Waals surface area contributed by atoms with Gasteiger partial charge in [0.15, 0.2) is 0 Å². The van der Waals surface area contributed by atoms with Gasteiger partial charge >= 0.3 is 0 Å². The van der Waals surface area contributed by atoms with Gasteiger partial charge in [-0.3, -0.25) is 29.3 Å². The van der Waals surface area contributed by atoms with Crippen LogP contribution in [0.4, 0.5) is 15.8 Å². The fraction of sp³-hybridized carbons (Fsp3) is 0.415. The van der Waals surface area contributed by atoms with E-state index in [1.165, 1.54) is 18.1 Å². The van der Waals surface area contributed by atoms with Crippen LogP contribution < -0.4 is 26.0 Å². The first-order valence-electron chi connectivity index (χ1n) is 23.3. The van der Waals surface area contributed by atoms with Crippen LogP contribution in [0.1, 0.15) is 115 Å². The van der Waals surface area contributed by atoms with Crippen molar-refractivity contribution in [2.75, 3.05) is 37.4 Å². The third-order valence-electron chi connectivity index (χ3n) is 14.3. The molecule has 5 amide bonds. The maximum absolute atomic E-state index is 16.3. The summed E-state index contributed by atoms with van der Waals surface area (Å²) >= 11 is 12.9. The molecule has 0 aromatic heterocycles. The maximum Gasteiger partial charge on any atom is 0.255 e. The summed E-state index contributed by atoms with van der Waals surface area (Å²) in [4.78, 5) is 70.1. The van der Waals surface area contributed by atoms with Gasteiger partial charge in [0, 0.05) is 83.8 Å². The molecule has 15 heteroatoms. The Labute approximate surface area is 406 Å². The molecular weight excluding hydrogens is 907 g/mol. The summed E-state index contributed by atoms with van der Waals surface area (Å²) in [6, 6.07) is 19.2. The molecule has 12 nitrogen and oxygen atoms in total. The van der Waals surface area contributed by atoms with Gasteiger partial charge in [-0.25, -0.2) is 4.39 Å². The van der Waals surface area contributed by atoms with E-state index in [9.17, 15) is 24.0 Å². The van der Waals surface area contributed by atoms with E-state index in [1.54, 1.807) is 42.5 Å². The lowest BCUT2D eigenvalue weighted by Crippen LogP contribution is -2.52. The number of imide groups is 1. The molecule has 5 aliphatic heterocycles. The minimum absolute atomic E-state index is 0.0284. The van der Waals surface area contributed by atoms with Crippen LogP contribution in [0.15, 0.2) is 72.8 Å². The van der Waals surface area contributed by atoms with Gasteiger partial charge in [-0.15, -0.1) is 0 Å². The van der Waals surface area contributed by atoms with Gasteiger partial charge in [0.25, 0.3) is 11.8 Å². The number of likely N-dealkylation sites (tertiary alicyclic amines) is 1. The smallest absolute Gasteiger partial charge is 0.255 e. The topological polar surface area (TPSA) is 149 Å². The van der Waals surface area contributed by atoms with Crippen LogP contribution in [0.3, 0.4) is 0 Å². The van der Waals surface area contributed by atoms with Crippen LogP contribution >= 0.6 is 23.2 Å². The third-order valence-corrected chi connectivity index (χ3v) is 14.8. The van der Waals surface area contributed by atoms with Gasteiger partial charge in [0.05, 0.1) is 23.9 Å². The number of rotatable bonds is 8. The number of benzene rings is 4. The van der Waals surface area contributed by atoms with Crippen molar-refractivity contribution in [3.63, 3.8) is 0 Å². The first-order valence-corrected chi connectivity index (χ1v) is 24.1. The molecule has 6 atom stereocenters. The number of hydrogen-bond donors (Lipinski definition) is 4. The molecule has 1 unspecified atom stereocenters. The number of methoxy groups -OCH3 is 1. The summed E-state index contributed by atoms with van der Waals surface area (Å²) in [5.41, 5.74) is 3.97. The number of fused-ring (bicyclic) bond motifs is 3. The highest BCUT2D eigenvalue weighted by Gasteiger charge is 2.61. The molecule has 3 saturated heterocycles. The molecule has 354 valence electrons. The van der Waals surface area contributed by atoms with Crippen molar-refractivity contribution < 1.29 is 33.1 Å². The predicted molar refractivity (Wildman–Crippen MR) is 259 cm³/mol. The molecule has 0 bridgehead atoms. The van der Waals surface area contributed by atoms with E-state index >= 15 is 4.39 Å². The molecule has 4 aromatic carbocycles. The van der Waals surface area contributed by atoms with Crippen molar-refractivity contribution in [2.24, 2.45) is 11.3 Å². The number of anilines is 2. The Kier molecular flexibility index (Phi) is 13.1. The first-order chi connectivity index (χ1) is 32.6. The molecule has 5 heterocycles. The van der Waals surface area contributed by atoms with E-state index in [0.717, 1.165) is 41.6 Å². The lowest BCUT2D eigenvalue weighted by atomic mass is 9.63. The Hall–Kier alpha value is -5.94. The average molecular weight is 962 g/mol. The van der Waals surface area contributed by atoms with Crippen molar-refractivity contribution in [1.82, 2.24) is 20.4 Å². The first kappa shape index (κ1) is 47.1. The second-order valence-corrected chi connectivity index (χ2v) is 20.8. The zero-order valence-corrected chi connectivity index (χ0v) is 40.1. The number of piperidine rings is 1. The van der Waals surface area contributed by atoms with Crippen molar-refractivity contribution in [1.29, 1.82) is 0 Å². The van der Waals surface area contributed by atoms with Crippen LogP contribution in [-0.2, 0) is 26.3 Å². The van der Waals surface area contributed by atoms with Crippen molar-refractivity contribution in [3.05, 3.63) is 122 Å². The van der Waals surface area contributed by atoms with E-state index < -0.39 is 35.1 Å². The monoisotopic (exact) mass is 960 g/mol. The number of amides is 5. The highest BCUT2D eigenvalue weighted by molar-refractivity contribution is 6.31. The minimum atomic E-state index is -0.903. The molecule has 5 aliphatic rings. The summed E-state index contributed by atoms with van der Waals surface area (Å²) in [6.07, 6.45) is 4.34. The van der Waals surface area contributed by atoms with Crippen LogP contribution in [0.5, 0.6) is 5.75 Å². The van der Waals surface area contributed by atoms with Crippen LogP contribution in [0, 0.1) is 29.0 Å². The molecule has 0 saturated carbocycles. The fourth-order valence-electron chi connectivity index (χ4n) is 11.2. The zero-order valence-electron chi connectivity index (χ0n) is 38.6. The van der Waals surface area contributed by atoms with Gasteiger partial charge in [0.2, 0.25) is 17.7 Å². The summed E-state index contributed by atoms with van der Waals surface area (Å²) in [5.74, 6) is 4.17. The van der Waals surface area contributed by atoms with Gasteiger partial charge in [0.1, 0.15) is 17.6 Å². The number of carbonyl (C=O) groups excluding carboxylic acids is 5. The largest absolute Gasteiger partial charge is 0.495 e. The van der Waals surface area contributed by atoms with Crippen molar-refractivity contribution >= 4 is 64.1 Å². The molecule has 3 fully saturated rings.